The summed E-state index contributed by atoms with van der Waals surface area (Å²) in [6.07, 6.45) is 5.19. The number of imide groups is 1. The van der Waals surface area contributed by atoms with Crippen molar-refractivity contribution in [1.82, 2.24) is 15.5 Å². The number of hydrogen-bond acceptors (Lipinski definition) is 4. The lowest BCUT2D eigenvalue weighted by atomic mass is 9.85. The van der Waals surface area contributed by atoms with Gasteiger partial charge >= 0.3 is 0 Å². The molecule has 1 saturated heterocycles. The average Bonchev–Trinajstić information content (AvgIpc) is 3.38. The summed E-state index contributed by atoms with van der Waals surface area (Å²) in [5, 5.41) is 6.37. The molecule has 2 bridgehead atoms. The lowest BCUT2D eigenvalue weighted by molar-refractivity contribution is -0.140. The third-order valence-electron chi connectivity index (χ3n) is 5.47. The van der Waals surface area contributed by atoms with Crippen LogP contribution >= 0.6 is 22.9 Å². The number of likely N-dealkylation sites (tertiary alicyclic amines) is 1. The van der Waals surface area contributed by atoms with Gasteiger partial charge in [0.25, 0.3) is 0 Å². The second-order valence-corrected chi connectivity index (χ2v) is 8.69. The first-order chi connectivity index (χ1) is 12.6. The summed E-state index contributed by atoms with van der Waals surface area (Å²) < 4.78 is 0.754. The Labute approximate surface area is 161 Å². The lowest BCUT2D eigenvalue weighted by Crippen LogP contribution is -2.43. The Morgan fingerprint density at radius 3 is 2.50 bits per heavy atom. The van der Waals surface area contributed by atoms with E-state index in [0.29, 0.717) is 25.6 Å². The first kappa shape index (κ1) is 17.5. The summed E-state index contributed by atoms with van der Waals surface area (Å²) in [5.41, 5.74) is 0. The van der Waals surface area contributed by atoms with Crippen LogP contribution in [0.5, 0.6) is 0 Å². The van der Waals surface area contributed by atoms with Gasteiger partial charge in [0, 0.05) is 25.0 Å². The number of fused-ring (bicyclic) bond motifs is 5. The molecule has 1 aliphatic heterocycles. The molecule has 2 heterocycles. The fraction of sp³-hybridized carbons (Fsp3) is 0.500. The van der Waals surface area contributed by atoms with Crippen LogP contribution in [0.2, 0.25) is 4.34 Å². The van der Waals surface area contributed by atoms with Crippen molar-refractivity contribution in [3.05, 3.63) is 33.5 Å². The molecule has 2 fully saturated rings. The number of rotatable bonds is 5. The number of carbonyl (C=O) groups excluding carboxylic acids is 2. The van der Waals surface area contributed by atoms with Gasteiger partial charge in [-0.3, -0.25) is 19.5 Å². The summed E-state index contributed by atoms with van der Waals surface area (Å²) in [6, 6.07) is 3.83. The number of allylic oxidation sites excluding steroid dienone is 2. The zero-order valence-corrected chi connectivity index (χ0v) is 16.0. The quantitative estimate of drug-likeness (QED) is 0.347. The number of nitrogens with zero attached hydrogens (tertiary/aromatic N) is 2. The summed E-state index contributed by atoms with van der Waals surface area (Å²) in [7, 11) is 1.69. The highest BCUT2D eigenvalue weighted by Gasteiger charge is 2.58. The van der Waals surface area contributed by atoms with Crippen LogP contribution in [-0.2, 0) is 16.1 Å². The topological polar surface area (TPSA) is 73.8 Å². The van der Waals surface area contributed by atoms with Gasteiger partial charge in [-0.05, 0) is 30.4 Å². The van der Waals surface area contributed by atoms with Crippen molar-refractivity contribution in [2.45, 2.75) is 13.0 Å². The summed E-state index contributed by atoms with van der Waals surface area (Å²) >= 11 is 7.45. The standard InChI is InChI=1S/C18H21ClN4O2S/c1-20-18(22-9-12-4-5-13(19)26-12)21-6-7-23-16(24)14-10-2-3-11(8-10)15(14)17(23)25/h2-5,10-11,14-15H,6-9H2,1H3,(H2,20,21,22). The van der Waals surface area contributed by atoms with E-state index in [1.807, 2.05) is 12.1 Å². The molecule has 2 aliphatic carbocycles. The van der Waals surface area contributed by atoms with Crippen LogP contribution in [0.1, 0.15) is 11.3 Å². The van der Waals surface area contributed by atoms with E-state index in [4.69, 9.17) is 11.6 Å². The first-order valence-corrected chi connectivity index (χ1v) is 10.00. The van der Waals surface area contributed by atoms with Gasteiger partial charge in [0.2, 0.25) is 11.8 Å². The number of halogens is 1. The Balaban J connectivity index is 1.28. The highest BCUT2D eigenvalue weighted by molar-refractivity contribution is 7.16. The molecule has 1 aromatic rings. The summed E-state index contributed by atoms with van der Waals surface area (Å²) in [4.78, 5) is 32.0. The molecule has 0 radical (unpaired) electrons. The van der Waals surface area contributed by atoms with E-state index in [9.17, 15) is 9.59 Å². The monoisotopic (exact) mass is 392 g/mol. The molecule has 138 valence electrons. The van der Waals surface area contributed by atoms with Crippen molar-refractivity contribution in [2.24, 2.45) is 28.7 Å². The number of carbonyl (C=O) groups is 2. The van der Waals surface area contributed by atoms with E-state index in [1.54, 1.807) is 7.05 Å². The summed E-state index contributed by atoms with van der Waals surface area (Å²) in [5.74, 6) is 0.884. The van der Waals surface area contributed by atoms with Gasteiger partial charge in [0.05, 0.1) is 22.7 Å². The van der Waals surface area contributed by atoms with Crippen molar-refractivity contribution in [3.8, 4) is 0 Å². The zero-order chi connectivity index (χ0) is 18.3. The molecule has 1 saturated carbocycles. The third-order valence-corrected chi connectivity index (χ3v) is 6.70. The third kappa shape index (κ3) is 3.03. The van der Waals surface area contributed by atoms with Gasteiger partial charge in [-0.1, -0.05) is 23.8 Å². The number of hydrogen-bond donors (Lipinski definition) is 2. The number of amides is 2. The lowest BCUT2D eigenvalue weighted by Gasteiger charge is -2.18. The molecule has 6 nitrogen and oxygen atoms in total. The normalized spacial score (nSPS) is 29.6. The van der Waals surface area contributed by atoms with Crippen molar-refractivity contribution >= 4 is 40.7 Å². The van der Waals surface area contributed by atoms with Crippen LogP contribution in [0.15, 0.2) is 29.3 Å². The predicted molar refractivity (Wildman–Crippen MR) is 102 cm³/mol. The van der Waals surface area contributed by atoms with Crippen LogP contribution < -0.4 is 10.6 Å². The maximum atomic E-state index is 12.6. The van der Waals surface area contributed by atoms with Gasteiger partial charge < -0.3 is 10.6 Å². The Morgan fingerprint density at radius 2 is 1.92 bits per heavy atom. The Morgan fingerprint density at radius 1 is 1.23 bits per heavy atom. The molecule has 4 rings (SSSR count). The predicted octanol–water partition coefficient (Wildman–Crippen LogP) is 1.87. The molecule has 26 heavy (non-hydrogen) atoms. The van der Waals surface area contributed by atoms with E-state index >= 15 is 0 Å². The highest BCUT2D eigenvalue weighted by Crippen LogP contribution is 2.52. The maximum absolute atomic E-state index is 12.6. The SMILES string of the molecule is CN=C(NCCN1C(=O)C2C3C=CC(C3)C2C1=O)NCc1ccc(Cl)s1. The molecule has 4 atom stereocenters. The van der Waals surface area contributed by atoms with Crippen LogP contribution in [0.25, 0.3) is 0 Å². The molecule has 0 spiro atoms. The maximum Gasteiger partial charge on any atom is 0.233 e. The molecule has 0 aromatic carbocycles. The van der Waals surface area contributed by atoms with Gasteiger partial charge in [-0.25, -0.2) is 0 Å². The molecular formula is C18H21ClN4O2S. The second kappa shape index (κ2) is 7.04. The molecule has 4 unspecified atom stereocenters. The molecule has 8 heteroatoms. The molecule has 2 N–H and O–H groups in total. The van der Waals surface area contributed by atoms with Crippen molar-refractivity contribution < 1.29 is 9.59 Å². The van der Waals surface area contributed by atoms with E-state index in [2.05, 4.69) is 27.8 Å². The Hall–Kier alpha value is -1.86. The first-order valence-electron chi connectivity index (χ1n) is 8.80. The fourth-order valence-electron chi connectivity index (χ4n) is 4.31. The van der Waals surface area contributed by atoms with Crippen molar-refractivity contribution in [3.63, 3.8) is 0 Å². The number of nitrogens with one attached hydrogen (secondary N) is 2. The number of thiophene rings is 1. The molecule has 3 aliphatic rings. The average molecular weight is 393 g/mol. The smallest absolute Gasteiger partial charge is 0.233 e. The molecule has 1 aromatic heterocycles. The van der Waals surface area contributed by atoms with Crippen LogP contribution in [-0.4, -0.2) is 42.8 Å². The van der Waals surface area contributed by atoms with E-state index in [1.165, 1.54) is 16.2 Å². The second-order valence-electron chi connectivity index (χ2n) is 6.89. The molecule has 2 amide bonds. The molecular weight excluding hydrogens is 372 g/mol. The van der Waals surface area contributed by atoms with E-state index in [-0.39, 0.29) is 35.5 Å². The van der Waals surface area contributed by atoms with Crippen LogP contribution in [0.3, 0.4) is 0 Å². The Kier molecular flexibility index (Phi) is 4.75. The van der Waals surface area contributed by atoms with Gasteiger partial charge in [-0.15, -0.1) is 11.3 Å². The largest absolute Gasteiger partial charge is 0.355 e. The van der Waals surface area contributed by atoms with Gasteiger partial charge in [0.15, 0.2) is 5.96 Å². The van der Waals surface area contributed by atoms with Crippen molar-refractivity contribution in [1.29, 1.82) is 0 Å². The van der Waals surface area contributed by atoms with Gasteiger partial charge in [0.1, 0.15) is 0 Å². The number of aliphatic imine (C=N–C) groups is 1. The minimum absolute atomic E-state index is 0.00479. The Bertz CT molecular complexity index is 760. The summed E-state index contributed by atoms with van der Waals surface area (Å²) in [6.45, 7) is 1.47. The van der Waals surface area contributed by atoms with Crippen LogP contribution in [0.4, 0.5) is 0 Å². The van der Waals surface area contributed by atoms with Crippen molar-refractivity contribution in [2.75, 3.05) is 20.1 Å². The van der Waals surface area contributed by atoms with E-state index in [0.717, 1.165) is 15.6 Å². The highest BCUT2D eigenvalue weighted by atomic mass is 35.5. The van der Waals surface area contributed by atoms with Gasteiger partial charge in [-0.2, -0.15) is 0 Å². The number of guanidine groups is 1. The van der Waals surface area contributed by atoms with Crippen LogP contribution in [0, 0.1) is 23.7 Å². The minimum atomic E-state index is -0.126. The zero-order valence-electron chi connectivity index (χ0n) is 14.4. The minimum Gasteiger partial charge on any atom is -0.355 e. The fourth-order valence-corrected chi connectivity index (χ4v) is 5.34. The van der Waals surface area contributed by atoms with E-state index < -0.39 is 0 Å².